The number of rotatable bonds is 5. The molecule has 1 aromatic carbocycles. The van der Waals surface area contributed by atoms with Crippen LogP contribution in [0.2, 0.25) is 5.02 Å². The van der Waals surface area contributed by atoms with Crippen molar-refractivity contribution in [3.63, 3.8) is 0 Å². The molecule has 0 saturated heterocycles. The number of halogens is 3. The van der Waals surface area contributed by atoms with E-state index in [4.69, 9.17) is 16.9 Å². The number of sulfone groups is 1. The Morgan fingerprint density at radius 2 is 2.14 bits per heavy atom. The molecule has 2 aromatic rings. The topological polar surface area (TPSA) is 88.6 Å². The average Bonchev–Trinajstić information content (AvgIpc) is 2.84. The van der Waals surface area contributed by atoms with Crippen molar-refractivity contribution in [3.05, 3.63) is 40.9 Å². The molecule has 0 aliphatic rings. The van der Waals surface area contributed by atoms with Gasteiger partial charge in [-0.1, -0.05) is 11.6 Å². The molecule has 6 nitrogen and oxygen atoms in total. The van der Waals surface area contributed by atoms with Gasteiger partial charge in [0.2, 0.25) is 0 Å². The highest BCUT2D eigenvalue weighted by Gasteiger charge is 2.21. The highest BCUT2D eigenvalue weighted by atomic mass is 35.5. The van der Waals surface area contributed by atoms with Gasteiger partial charge in [-0.2, -0.15) is 10.4 Å². The molecule has 0 radical (unpaired) electrons. The van der Waals surface area contributed by atoms with Gasteiger partial charge in [-0.05, 0) is 18.2 Å². The fraction of sp³-hybridized carbons (Fsp3) is 0.250. The van der Waals surface area contributed by atoms with Crippen LogP contribution in [0, 0.1) is 11.3 Å². The molecule has 0 fully saturated rings. The second kappa shape index (κ2) is 6.37. The summed E-state index contributed by atoms with van der Waals surface area (Å²) >= 11 is 5.80. The summed E-state index contributed by atoms with van der Waals surface area (Å²) in [7, 11) is -3.85. The zero-order chi connectivity index (χ0) is 16.3. The first-order valence-electron chi connectivity index (χ1n) is 5.90. The first-order valence-corrected chi connectivity index (χ1v) is 7.94. The van der Waals surface area contributed by atoms with Crippen LogP contribution in [-0.2, 0) is 22.1 Å². The van der Waals surface area contributed by atoms with E-state index in [0.717, 1.165) is 17.1 Å². The van der Waals surface area contributed by atoms with Crippen molar-refractivity contribution < 1.29 is 17.2 Å². The Morgan fingerprint density at radius 1 is 1.41 bits per heavy atom. The molecule has 1 heterocycles. The average molecular weight is 347 g/mol. The molecule has 0 unspecified atom stereocenters. The molecule has 116 valence electrons. The minimum Gasteiger partial charge on any atom is -0.243 e. The Labute approximate surface area is 129 Å². The summed E-state index contributed by atoms with van der Waals surface area (Å²) < 4.78 is 50.2. The SMILES string of the molecule is N#Cc1ccc(S(=O)(=O)Cc2ncnn2CC(F)F)cc1Cl. The second-order valence-corrected chi connectivity index (χ2v) is 6.66. The van der Waals surface area contributed by atoms with Crippen molar-refractivity contribution in [3.8, 4) is 6.07 Å². The predicted molar refractivity (Wildman–Crippen MR) is 73.1 cm³/mol. The van der Waals surface area contributed by atoms with Gasteiger partial charge in [-0.25, -0.2) is 26.9 Å². The number of hydrogen-bond acceptors (Lipinski definition) is 5. The molecule has 0 N–H and O–H groups in total. The Kier molecular flexibility index (Phi) is 4.73. The maximum atomic E-state index is 12.4. The van der Waals surface area contributed by atoms with E-state index in [1.165, 1.54) is 12.1 Å². The van der Waals surface area contributed by atoms with Crippen LogP contribution in [0.5, 0.6) is 0 Å². The van der Waals surface area contributed by atoms with Gasteiger partial charge in [-0.3, -0.25) is 0 Å². The number of nitriles is 1. The summed E-state index contributed by atoms with van der Waals surface area (Å²) in [4.78, 5) is 3.57. The van der Waals surface area contributed by atoms with Gasteiger partial charge in [-0.15, -0.1) is 0 Å². The third kappa shape index (κ3) is 3.58. The summed E-state index contributed by atoms with van der Waals surface area (Å²) in [5.74, 6) is -0.692. The predicted octanol–water partition coefficient (Wildman–Crippen LogP) is 2.04. The van der Waals surface area contributed by atoms with Crippen LogP contribution >= 0.6 is 11.6 Å². The smallest absolute Gasteiger partial charge is 0.243 e. The number of aromatic nitrogens is 3. The van der Waals surface area contributed by atoms with Gasteiger partial charge < -0.3 is 0 Å². The van der Waals surface area contributed by atoms with Gasteiger partial charge in [0, 0.05) is 0 Å². The van der Waals surface area contributed by atoms with Gasteiger partial charge in [0.1, 0.15) is 30.5 Å². The maximum Gasteiger partial charge on any atom is 0.257 e. The van der Waals surface area contributed by atoms with Crippen LogP contribution in [0.1, 0.15) is 11.4 Å². The molecule has 22 heavy (non-hydrogen) atoms. The minimum atomic E-state index is -3.85. The highest BCUT2D eigenvalue weighted by molar-refractivity contribution is 7.90. The third-order valence-corrected chi connectivity index (χ3v) is 4.67. The lowest BCUT2D eigenvalue weighted by Crippen LogP contribution is -2.15. The van der Waals surface area contributed by atoms with Crippen molar-refractivity contribution >= 4 is 21.4 Å². The standard InChI is InChI=1S/C12H9ClF2N4O2S/c13-10-3-9(2-1-8(10)4-16)22(20,21)6-12-17-7-18-19(12)5-11(14)15/h1-3,7,11H,5-6H2. The maximum absolute atomic E-state index is 12.4. The van der Waals surface area contributed by atoms with Crippen molar-refractivity contribution in [1.82, 2.24) is 14.8 Å². The van der Waals surface area contributed by atoms with Crippen LogP contribution in [0.25, 0.3) is 0 Å². The molecule has 1 aromatic heterocycles. The van der Waals surface area contributed by atoms with E-state index in [-0.39, 0.29) is 21.3 Å². The zero-order valence-electron chi connectivity index (χ0n) is 10.9. The van der Waals surface area contributed by atoms with E-state index in [0.29, 0.717) is 0 Å². The Hall–Kier alpha value is -2.05. The first-order chi connectivity index (χ1) is 10.3. The van der Waals surface area contributed by atoms with E-state index in [1.807, 2.05) is 6.07 Å². The third-order valence-electron chi connectivity index (χ3n) is 2.75. The molecular weight excluding hydrogens is 338 g/mol. The van der Waals surface area contributed by atoms with Crippen molar-refractivity contribution in [2.75, 3.05) is 0 Å². The highest BCUT2D eigenvalue weighted by Crippen LogP contribution is 2.22. The molecule has 2 rings (SSSR count). The molecule has 0 atom stereocenters. The van der Waals surface area contributed by atoms with Crippen molar-refractivity contribution in [1.29, 1.82) is 5.26 Å². The molecule has 0 amide bonds. The van der Waals surface area contributed by atoms with Crippen LogP contribution < -0.4 is 0 Å². The van der Waals surface area contributed by atoms with Crippen LogP contribution in [-0.4, -0.2) is 29.6 Å². The van der Waals surface area contributed by atoms with E-state index in [2.05, 4.69) is 10.1 Å². The summed E-state index contributed by atoms with van der Waals surface area (Å²) in [6, 6.07) is 5.46. The molecule has 10 heteroatoms. The van der Waals surface area contributed by atoms with E-state index in [9.17, 15) is 17.2 Å². The molecule has 0 saturated carbocycles. The summed E-state index contributed by atoms with van der Waals surface area (Å²) in [5.41, 5.74) is 0.140. The molecular formula is C12H9ClF2N4O2S. The molecule has 0 aliphatic heterocycles. The minimum absolute atomic E-state index is 0.00220. The lowest BCUT2D eigenvalue weighted by molar-refractivity contribution is 0.120. The van der Waals surface area contributed by atoms with Gasteiger partial charge in [0.15, 0.2) is 9.84 Å². The zero-order valence-corrected chi connectivity index (χ0v) is 12.5. The van der Waals surface area contributed by atoms with Gasteiger partial charge in [0.05, 0.1) is 15.5 Å². The Morgan fingerprint density at radius 3 is 2.73 bits per heavy atom. The van der Waals surface area contributed by atoms with E-state index >= 15 is 0 Å². The van der Waals surface area contributed by atoms with Crippen LogP contribution in [0.3, 0.4) is 0 Å². The molecule has 0 bridgehead atoms. The summed E-state index contributed by atoms with van der Waals surface area (Å²) in [5, 5.41) is 12.3. The number of nitrogens with zero attached hydrogens (tertiary/aromatic N) is 4. The molecule has 0 aliphatic carbocycles. The normalized spacial score (nSPS) is 11.6. The summed E-state index contributed by atoms with van der Waals surface area (Å²) in [6.07, 6.45) is -1.66. The first kappa shape index (κ1) is 16.3. The fourth-order valence-corrected chi connectivity index (χ4v) is 3.31. The quantitative estimate of drug-likeness (QED) is 0.826. The molecule has 0 spiro atoms. The lowest BCUT2D eigenvalue weighted by atomic mass is 10.2. The van der Waals surface area contributed by atoms with Gasteiger partial charge >= 0.3 is 0 Å². The number of alkyl halides is 2. The Bertz CT molecular complexity index is 830. The van der Waals surface area contributed by atoms with Crippen molar-refractivity contribution in [2.45, 2.75) is 23.6 Å². The van der Waals surface area contributed by atoms with Crippen LogP contribution in [0.4, 0.5) is 8.78 Å². The fourth-order valence-electron chi connectivity index (χ4n) is 1.72. The number of benzene rings is 1. The van der Waals surface area contributed by atoms with E-state index in [1.54, 1.807) is 0 Å². The number of hydrogen-bond donors (Lipinski definition) is 0. The second-order valence-electron chi connectivity index (χ2n) is 4.26. The van der Waals surface area contributed by atoms with Crippen molar-refractivity contribution in [2.24, 2.45) is 0 Å². The van der Waals surface area contributed by atoms with E-state index < -0.39 is 28.6 Å². The van der Waals surface area contributed by atoms with Gasteiger partial charge in [0.25, 0.3) is 6.43 Å². The lowest BCUT2D eigenvalue weighted by Gasteiger charge is -2.07. The van der Waals surface area contributed by atoms with Crippen LogP contribution in [0.15, 0.2) is 29.4 Å². The summed E-state index contributed by atoms with van der Waals surface area (Å²) in [6.45, 7) is -0.737. The Balaban J connectivity index is 2.31. The monoisotopic (exact) mass is 346 g/mol. The largest absolute Gasteiger partial charge is 0.257 e.